The fourth-order valence-corrected chi connectivity index (χ4v) is 1.85. The Kier molecular flexibility index (Phi) is 4.16. The second-order valence-electron chi connectivity index (χ2n) is 4.38. The van der Waals surface area contributed by atoms with E-state index in [2.05, 4.69) is 18.3 Å². The average Bonchev–Trinajstić information content (AvgIpc) is 2.89. The molecule has 1 atom stereocenters. The highest BCUT2D eigenvalue weighted by Crippen LogP contribution is 2.06. The first-order chi connectivity index (χ1) is 8.78. The molecule has 0 aliphatic heterocycles. The van der Waals surface area contributed by atoms with Crippen LogP contribution < -0.4 is 5.32 Å². The van der Waals surface area contributed by atoms with Crippen LogP contribution in [0.5, 0.6) is 0 Å². The van der Waals surface area contributed by atoms with Crippen molar-refractivity contribution in [2.24, 2.45) is 0 Å². The van der Waals surface area contributed by atoms with Gasteiger partial charge < -0.3 is 9.73 Å². The third-order valence-corrected chi connectivity index (χ3v) is 2.80. The van der Waals surface area contributed by atoms with E-state index in [1.165, 1.54) is 0 Å². The number of hydrogen-bond donors (Lipinski definition) is 1. The Morgan fingerprint density at radius 3 is 2.94 bits per heavy atom. The van der Waals surface area contributed by atoms with Crippen LogP contribution in [0.1, 0.15) is 23.8 Å². The van der Waals surface area contributed by atoms with Gasteiger partial charge in [0.15, 0.2) is 0 Å². The lowest BCUT2D eigenvalue weighted by Gasteiger charge is -2.12. The van der Waals surface area contributed by atoms with E-state index in [0.29, 0.717) is 11.6 Å². The van der Waals surface area contributed by atoms with Gasteiger partial charge in [-0.15, -0.1) is 0 Å². The summed E-state index contributed by atoms with van der Waals surface area (Å²) in [5.74, 6) is 0.987. The van der Waals surface area contributed by atoms with Crippen molar-refractivity contribution in [1.82, 2.24) is 5.32 Å². The molecule has 92 valence electrons. The van der Waals surface area contributed by atoms with Gasteiger partial charge in [0.05, 0.1) is 17.9 Å². The summed E-state index contributed by atoms with van der Waals surface area (Å²) in [4.78, 5) is 0. The molecule has 1 aromatic carbocycles. The molecule has 2 aromatic rings. The molecule has 0 bridgehead atoms. The molecule has 1 unspecified atom stereocenters. The van der Waals surface area contributed by atoms with Crippen LogP contribution in [-0.2, 0) is 13.0 Å². The topological polar surface area (TPSA) is 49.0 Å². The standard InChI is InChI=1S/C15H16N2O/c1-12(8-15-6-3-7-18-15)17-11-14-5-2-4-13(9-14)10-16/h2-7,9,12,17H,8,11H2,1H3. The smallest absolute Gasteiger partial charge is 0.105 e. The molecule has 0 aliphatic carbocycles. The van der Waals surface area contributed by atoms with E-state index in [1.54, 1.807) is 6.26 Å². The zero-order chi connectivity index (χ0) is 12.8. The van der Waals surface area contributed by atoms with Crippen molar-refractivity contribution >= 4 is 0 Å². The third kappa shape index (κ3) is 3.47. The Bertz CT molecular complexity index is 526. The number of rotatable bonds is 5. The van der Waals surface area contributed by atoms with Crippen molar-refractivity contribution < 1.29 is 4.42 Å². The quantitative estimate of drug-likeness (QED) is 0.874. The highest BCUT2D eigenvalue weighted by atomic mass is 16.3. The molecule has 0 fully saturated rings. The number of benzene rings is 1. The lowest BCUT2D eigenvalue weighted by molar-refractivity contribution is 0.456. The number of nitriles is 1. The third-order valence-electron chi connectivity index (χ3n) is 2.80. The van der Waals surface area contributed by atoms with Gasteiger partial charge in [0.1, 0.15) is 5.76 Å². The van der Waals surface area contributed by atoms with Gasteiger partial charge in [-0.3, -0.25) is 0 Å². The summed E-state index contributed by atoms with van der Waals surface area (Å²) < 4.78 is 5.31. The van der Waals surface area contributed by atoms with Crippen LogP contribution in [0.25, 0.3) is 0 Å². The number of hydrogen-bond acceptors (Lipinski definition) is 3. The maximum atomic E-state index is 8.83. The van der Waals surface area contributed by atoms with Crippen LogP contribution in [0.2, 0.25) is 0 Å². The average molecular weight is 240 g/mol. The molecule has 0 saturated carbocycles. The fraction of sp³-hybridized carbons (Fsp3) is 0.267. The molecule has 3 heteroatoms. The van der Waals surface area contributed by atoms with E-state index in [-0.39, 0.29) is 0 Å². The summed E-state index contributed by atoms with van der Waals surface area (Å²) in [7, 11) is 0. The summed E-state index contributed by atoms with van der Waals surface area (Å²) in [5.41, 5.74) is 1.83. The lowest BCUT2D eigenvalue weighted by atomic mass is 10.1. The van der Waals surface area contributed by atoms with Crippen molar-refractivity contribution in [1.29, 1.82) is 5.26 Å². The van der Waals surface area contributed by atoms with Crippen molar-refractivity contribution in [3.05, 3.63) is 59.5 Å². The predicted octanol–water partition coefficient (Wildman–Crippen LogP) is 2.87. The highest BCUT2D eigenvalue weighted by Gasteiger charge is 2.05. The molecule has 2 rings (SSSR count). The normalized spacial score (nSPS) is 12.0. The lowest BCUT2D eigenvalue weighted by Crippen LogP contribution is -2.27. The van der Waals surface area contributed by atoms with Gasteiger partial charge >= 0.3 is 0 Å². The zero-order valence-corrected chi connectivity index (χ0v) is 10.4. The molecule has 3 nitrogen and oxygen atoms in total. The van der Waals surface area contributed by atoms with Crippen molar-refractivity contribution in [3.63, 3.8) is 0 Å². The monoisotopic (exact) mass is 240 g/mol. The van der Waals surface area contributed by atoms with Crippen LogP contribution in [0.4, 0.5) is 0 Å². The van der Waals surface area contributed by atoms with Crippen molar-refractivity contribution in [3.8, 4) is 6.07 Å². The minimum Gasteiger partial charge on any atom is -0.469 e. The minimum absolute atomic E-state index is 0.335. The van der Waals surface area contributed by atoms with Crippen LogP contribution in [0, 0.1) is 11.3 Å². The molecule has 0 amide bonds. The van der Waals surface area contributed by atoms with Crippen LogP contribution in [0.15, 0.2) is 47.1 Å². The molecule has 0 aliphatic rings. The van der Waals surface area contributed by atoms with E-state index in [4.69, 9.17) is 9.68 Å². The maximum absolute atomic E-state index is 8.83. The molecule has 1 heterocycles. The number of furan rings is 1. The Hall–Kier alpha value is -2.05. The summed E-state index contributed by atoms with van der Waals surface area (Å²) in [6, 6.07) is 14.0. The van der Waals surface area contributed by atoms with E-state index >= 15 is 0 Å². The Morgan fingerprint density at radius 1 is 1.33 bits per heavy atom. The molecule has 0 radical (unpaired) electrons. The first-order valence-corrected chi connectivity index (χ1v) is 6.03. The van der Waals surface area contributed by atoms with Gasteiger partial charge in [-0.05, 0) is 36.8 Å². The van der Waals surface area contributed by atoms with Gasteiger partial charge in [-0.2, -0.15) is 5.26 Å². The van der Waals surface area contributed by atoms with Gasteiger partial charge in [0.25, 0.3) is 0 Å². The van der Waals surface area contributed by atoms with E-state index in [1.807, 2.05) is 36.4 Å². The second-order valence-corrected chi connectivity index (χ2v) is 4.38. The van der Waals surface area contributed by atoms with E-state index < -0.39 is 0 Å². The molecule has 0 saturated heterocycles. The molecule has 18 heavy (non-hydrogen) atoms. The molecular weight excluding hydrogens is 224 g/mol. The van der Waals surface area contributed by atoms with Gasteiger partial charge in [0, 0.05) is 19.0 Å². The fourth-order valence-electron chi connectivity index (χ4n) is 1.85. The summed E-state index contributed by atoms with van der Waals surface area (Å²) in [6.07, 6.45) is 2.56. The molecule has 1 N–H and O–H groups in total. The second kappa shape index (κ2) is 6.04. The molecule has 1 aromatic heterocycles. The first kappa shape index (κ1) is 12.4. The van der Waals surface area contributed by atoms with Crippen LogP contribution in [-0.4, -0.2) is 6.04 Å². The Balaban J connectivity index is 1.85. The maximum Gasteiger partial charge on any atom is 0.105 e. The molecular formula is C15H16N2O. The Morgan fingerprint density at radius 2 is 2.22 bits per heavy atom. The van der Waals surface area contributed by atoms with Crippen LogP contribution >= 0.6 is 0 Å². The highest BCUT2D eigenvalue weighted by molar-refractivity contribution is 5.32. The van der Waals surface area contributed by atoms with Gasteiger partial charge in [-0.1, -0.05) is 12.1 Å². The van der Waals surface area contributed by atoms with E-state index in [9.17, 15) is 0 Å². The summed E-state index contributed by atoms with van der Waals surface area (Å²) in [6.45, 7) is 2.88. The summed E-state index contributed by atoms with van der Waals surface area (Å²) >= 11 is 0. The largest absolute Gasteiger partial charge is 0.469 e. The number of nitrogens with one attached hydrogen (secondary N) is 1. The first-order valence-electron chi connectivity index (χ1n) is 6.03. The number of nitrogens with zero attached hydrogens (tertiary/aromatic N) is 1. The van der Waals surface area contributed by atoms with Gasteiger partial charge in [-0.25, -0.2) is 0 Å². The summed E-state index contributed by atoms with van der Waals surface area (Å²) in [5, 5.41) is 12.2. The van der Waals surface area contributed by atoms with E-state index in [0.717, 1.165) is 24.3 Å². The predicted molar refractivity (Wildman–Crippen MR) is 69.9 cm³/mol. The Labute approximate surface area is 107 Å². The zero-order valence-electron chi connectivity index (χ0n) is 10.4. The minimum atomic E-state index is 0.335. The van der Waals surface area contributed by atoms with Crippen LogP contribution in [0.3, 0.4) is 0 Å². The SMILES string of the molecule is CC(Cc1ccco1)NCc1cccc(C#N)c1. The molecule has 0 spiro atoms. The van der Waals surface area contributed by atoms with Crippen molar-refractivity contribution in [2.45, 2.75) is 25.9 Å². The van der Waals surface area contributed by atoms with Crippen molar-refractivity contribution in [2.75, 3.05) is 0 Å². The van der Waals surface area contributed by atoms with Gasteiger partial charge in [0.2, 0.25) is 0 Å².